The molecule has 1 aromatic carbocycles. The monoisotopic (exact) mass is 265 g/mol. The van der Waals surface area contributed by atoms with Crippen molar-refractivity contribution in [1.82, 2.24) is 4.90 Å². The zero-order chi connectivity index (χ0) is 14.5. The van der Waals surface area contributed by atoms with Crippen molar-refractivity contribution in [3.05, 3.63) is 29.8 Å². The molecule has 0 saturated carbocycles. The maximum Gasteiger partial charge on any atom is 0.119 e. The molecular formula is C16H27NO2. The summed E-state index contributed by atoms with van der Waals surface area (Å²) in [7, 11) is 3.73. The van der Waals surface area contributed by atoms with Crippen LogP contribution in [0.15, 0.2) is 24.3 Å². The summed E-state index contributed by atoms with van der Waals surface area (Å²) in [4.78, 5) is 2.23. The fraction of sp³-hybridized carbons (Fsp3) is 0.625. The van der Waals surface area contributed by atoms with Crippen LogP contribution in [0.5, 0.6) is 5.75 Å². The Bertz CT molecular complexity index is 394. The molecule has 0 fully saturated rings. The van der Waals surface area contributed by atoms with Gasteiger partial charge in [-0.1, -0.05) is 32.9 Å². The Morgan fingerprint density at radius 1 is 1.37 bits per heavy atom. The van der Waals surface area contributed by atoms with Crippen molar-refractivity contribution in [2.75, 3.05) is 27.2 Å². The van der Waals surface area contributed by atoms with E-state index in [0.717, 1.165) is 24.4 Å². The lowest BCUT2D eigenvalue weighted by molar-refractivity contribution is -0.0308. The van der Waals surface area contributed by atoms with Crippen LogP contribution >= 0.6 is 0 Å². The minimum Gasteiger partial charge on any atom is -0.497 e. The van der Waals surface area contributed by atoms with E-state index in [4.69, 9.17) is 4.74 Å². The van der Waals surface area contributed by atoms with Crippen molar-refractivity contribution < 1.29 is 9.84 Å². The van der Waals surface area contributed by atoms with Gasteiger partial charge >= 0.3 is 0 Å². The first kappa shape index (κ1) is 16.0. The molecule has 2 atom stereocenters. The summed E-state index contributed by atoms with van der Waals surface area (Å²) in [5.41, 5.74) is 0.129. The smallest absolute Gasteiger partial charge is 0.119 e. The summed E-state index contributed by atoms with van der Waals surface area (Å²) in [6.07, 6.45) is 0.693. The molecule has 0 heterocycles. The summed E-state index contributed by atoms with van der Waals surface area (Å²) in [5.74, 6) is 0.954. The molecule has 0 saturated heterocycles. The molecule has 19 heavy (non-hydrogen) atoms. The van der Waals surface area contributed by atoms with E-state index in [2.05, 4.69) is 25.8 Å². The van der Waals surface area contributed by atoms with Crippen molar-refractivity contribution >= 4 is 0 Å². The van der Waals surface area contributed by atoms with Gasteiger partial charge in [-0.15, -0.1) is 0 Å². The first-order chi connectivity index (χ1) is 8.97. The minimum absolute atomic E-state index is 0.162. The van der Waals surface area contributed by atoms with E-state index in [0.29, 0.717) is 6.42 Å². The summed E-state index contributed by atoms with van der Waals surface area (Å²) in [6, 6.07) is 7.76. The van der Waals surface area contributed by atoms with Gasteiger partial charge in [-0.2, -0.15) is 0 Å². The molecular weight excluding hydrogens is 238 g/mol. The van der Waals surface area contributed by atoms with Crippen LogP contribution in [-0.2, 0) is 5.60 Å². The Hall–Kier alpha value is -1.06. The first-order valence-electron chi connectivity index (χ1n) is 7.03. The minimum atomic E-state index is -0.808. The standard InChI is InChI=1S/C16H27NO2/c1-6-16(18,13(3)12-17(4)7-2)14-9-8-10-15(11-14)19-5/h8-11,13,18H,6-7,12H2,1-5H3. The van der Waals surface area contributed by atoms with Crippen molar-refractivity contribution in [2.45, 2.75) is 32.8 Å². The number of methoxy groups -OCH3 is 1. The lowest BCUT2D eigenvalue weighted by Gasteiger charge is -2.36. The van der Waals surface area contributed by atoms with Crippen LogP contribution in [0.3, 0.4) is 0 Å². The summed E-state index contributed by atoms with van der Waals surface area (Å²) in [5, 5.41) is 11.0. The fourth-order valence-corrected chi connectivity index (χ4v) is 2.48. The van der Waals surface area contributed by atoms with Gasteiger partial charge in [0.15, 0.2) is 0 Å². The van der Waals surface area contributed by atoms with Gasteiger partial charge in [-0.25, -0.2) is 0 Å². The van der Waals surface area contributed by atoms with Gasteiger partial charge < -0.3 is 14.7 Å². The van der Waals surface area contributed by atoms with Gasteiger partial charge in [0.25, 0.3) is 0 Å². The van der Waals surface area contributed by atoms with Crippen molar-refractivity contribution in [1.29, 1.82) is 0 Å². The quantitative estimate of drug-likeness (QED) is 0.823. The molecule has 0 aliphatic heterocycles. The number of benzene rings is 1. The zero-order valence-corrected chi connectivity index (χ0v) is 12.8. The van der Waals surface area contributed by atoms with Gasteiger partial charge in [0.05, 0.1) is 12.7 Å². The predicted molar refractivity (Wildman–Crippen MR) is 79.5 cm³/mol. The molecule has 0 aliphatic carbocycles. The number of hydrogen-bond donors (Lipinski definition) is 1. The van der Waals surface area contributed by atoms with E-state index < -0.39 is 5.60 Å². The maximum absolute atomic E-state index is 11.0. The van der Waals surface area contributed by atoms with Crippen molar-refractivity contribution in [2.24, 2.45) is 5.92 Å². The van der Waals surface area contributed by atoms with Crippen LogP contribution in [-0.4, -0.2) is 37.3 Å². The van der Waals surface area contributed by atoms with Crippen LogP contribution in [0.1, 0.15) is 32.8 Å². The summed E-state index contributed by atoms with van der Waals surface area (Å²) < 4.78 is 5.25. The number of nitrogens with zero attached hydrogens (tertiary/aromatic N) is 1. The number of hydrogen-bond acceptors (Lipinski definition) is 3. The SMILES string of the molecule is CCN(C)CC(C)C(O)(CC)c1cccc(OC)c1. The molecule has 0 spiro atoms. The van der Waals surface area contributed by atoms with E-state index in [9.17, 15) is 5.11 Å². The van der Waals surface area contributed by atoms with E-state index in [-0.39, 0.29) is 5.92 Å². The fourth-order valence-electron chi connectivity index (χ4n) is 2.48. The lowest BCUT2D eigenvalue weighted by Crippen LogP contribution is -2.39. The van der Waals surface area contributed by atoms with Crippen molar-refractivity contribution in [3.8, 4) is 5.75 Å². The molecule has 0 amide bonds. The second-order valence-corrected chi connectivity index (χ2v) is 5.27. The molecule has 2 unspecified atom stereocenters. The normalized spacial score (nSPS) is 16.2. The van der Waals surface area contributed by atoms with Crippen LogP contribution < -0.4 is 4.74 Å². The molecule has 3 nitrogen and oxygen atoms in total. The van der Waals surface area contributed by atoms with Gasteiger partial charge in [0.2, 0.25) is 0 Å². The highest BCUT2D eigenvalue weighted by Crippen LogP contribution is 2.35. The highest BCUT2D eigenvalue weighted by Gasteiger charge is 2.34. The van der Waals surface area contributed by atoms with Crippen molar-refractivity contribution in [3.63, 3.8) is 0 Å². The van der Waals surface area contributed by atoms with Crippen LogP contribution in [0, 0.1) is 5.92 Å². The first-order valence-corrected chi connectivity index (χ1v) is 7.03. The van der Waals surface area contributed by atoms with E-state index in [1.807, 2.05) is 31.2 Å². The zero-order valence-electron chi connectivity index (χ0n) is 12.8. The Labute approximate surface area is 117 Å². The van der Waals surface area contributed by atoms with Gasteiger partial charge in [-0.3, -0.25) is 0 Å². The van der Waals surface area contributed by atoms with Gasteiger partial charge in [0.1, 0.15) is 5.75 Å². The highest BCUT2D eigenvalue weighted by molar-refractivity contribution is 5.32. The molecule has 1 aromatic rings. The Morgan fingerprint density at radius 2 is 2.05 bits per heavy atom. The molecule has 108 valence electrons. The third-order valence-electron chi connectivity index (χ3n) is 4.05. The topological polar surface area (TPSA) is 32.7 Å². The second-order valence-electron chi connectivity index (χ2n) is 5.27. The molecule has 0 radical (unpaired) electrons. The van der Waals surface area contributed by atoms with Crippen LogP contribution in [0.2, 0.25) is 0 Å². The van der Waals surface area contributed by atoms with E-state index in [1.165, 1.54) is 0 Å². The second kappa shape index (κ2) is 6.92. The molecule has 1 N–H and O–H groups in total. The lowest BCUT2D eigenvalue weighted by atomic mass is 9.80. The number of rotatable bonds is 7. The Morgan fingerprint density at radius 3 is 2.58 bits per heavy atom. The number of ether oxygens (including phenoxy) is 1. The molecule has 0 aromatic heterocycles. The summed E-state index contributed by atoms with van der Waals surface area (Å²) >= 11 is 0. The molecule has 0 bridgehead atoms. The third-order valence-corrected chi connectivity index (χ3v) is 4.05. The maximum atomic E-state index is 11.0. The average Bonchev–Trinajstić information content (AvgIpc) is 2.45. The molecule has 1 rings (SSSR count). The van der Waals surface area contributed by atoms with Gasteiger partial charge in [0, 0.05) is 12.5 Å². The average molecular weight is 265 g/mol. The molecule has 3 heteroatoms. The largest absolute Gasteiger partial charge is 0.497 e. The Kier molecular flexibility index (Phi) is 5.83. The Balaban J connectivity index is 3.00. The van der Waals surface area contributed by atoms with E-state index >= 15 is 0 Å². The summed E-state index contributed by atoms with van der Waals surface area (Å²) in [6.45, 7) is 8.13. The molecule has 0 aliphatic rings. The van der Waals surface area contributed by atoms with Crippen LogP contribution in [0.4, 0.5) is 0 Å². The van der Waals surface area contributed by atoms with Crippen LogP contribution in [0.25, 0.3) is 0 Å². The number of aliphatic hydroxyl groups is 1. The third kappa shape index (κ3) is 3.71. The predicted octanol–water partition coefficient (Wildman–Crippen LogP) is 2.88. The highest BCUT2D eigenvalue weighted by atomic mass is 16.5. The van der Waals surface area contributed by atoms with E-state index in [1.54, 1.807) is 7.11 Å². The van der Waals surface area contributed by atoms with Gasteiger partial charge in [-0.05, 0) is 37.7 Å².